The molecule has 6 nitrogen and oxygen atoms in total. The van der Waals surface area contributed by atoms with Crippen LogP contribution in [0.4, 0.5) is 24.5 Å². The van der Waals surface area contributed by atoms with Gasteiger partial charge in [0.1, 0.15) is 0 Å². The van der Waals surface area contributed by atoms with Crippen molar-refractivity contribution >= 4 is 63.6 Å². The second-order valence-electron chi connectivity index (χ2n) is 8.68. The summed E-state index contributed by atoms with van der Waals surface area (Å²) in [7, 11) is 0. The topological polar surface area (TPSA) is 73.8 Å². The number of benzene rings is 3. The van der Waals surface area contributed by atoms with Crippen LogP contribution in [0.15, 0.2) is 65.8 Å². The number of nitrogens with one attached hydrogen (secondary N) is 2. The standard InChI is InChI=1S/C27H23ClF3IN4O2/c28-23-9-7-17(13-22(23)27(29,30)31)16-33-35-26(38)21-15-20(36-11-2-1-3-12-36)8-10-24(21)34-25(37)18-5-4-6-19(32)14-18/h4-10,13-16H,1-3,11-12H2,(H,34,37)(H,35,38)/b33-16-. The first-order chi connectivity index (χ1) is 18.1. The van der Waals surface area contributed by atoms with Gasteiger partial charge in [0.05, 0.1) is 28.1 Å². The molecule has 0 bridgehead atoms. The summed E-state index contributed by atoms with van der Waals surface area (Å²) in [6, 6.07) is 15.6. The summed E-state index contributed by atoms with van der Waals surface area (Å²) in [5.41, 5.74) is 3.20. The van der Waals surface area contributed by atoms with Gasteiger partial charge >= 0.3 is 6.18 Å². The molecule has 0 atom stereocenters. The molecule has 0 aromatic heterocycles. The van der Waals surface area contributed by atoms with Crippen LogP contribution < -0.4 is 15.6 Å². The third-order valence-corrected chi connectivity index (χ3v) is 6.98. The van der Waals surface area contributed by atoms with E-state index in [4.69, 9.17) is 11.6 Å². The largest absolute Gasteiger partial charge is 0.417 e. The number of nitrogens with zero attached hydrogens (tertiary/aromatic N) is 2. The van der Waals surface area contributed by atoms with Gasteiger partial charge in [-0.2, -0.15) is 18.3 Å². The van der Waals surface area contributed by atoms with Crippen LogP contribution in [0.5, 0.6) is 0 Å². The number of amides is 2. The molecule has 3 aromatic carbocycles. The van der Waals surface area contributed by atoms with Crippen molar-refractivity contribution in [2.24, 2.45) is 5.10 Å². The summed E-state index contributed by atoms with van der Waals surface area (Å²) in [5, 5.41) is 6.20. The molecule has 2 amide bonds. The Hall–Kier alpha value is -3.12. The number of rotatable bonds is 6. The molecule has 38 heavy (non-hydrogen) atoms. The van der Waals surface area contributed by atoms with Crippen LogP contribution in [0.3, 0.4) is 0 Å². The van der Waals surface area contributed by atoms with E-state index in [0.29, 0.717) is 5.56 Å². The molecule has 0 saturated carbocycles. The molecule has 1 saturated heterocycles. The van der Waals surface area contributed by atoms with Crippen LogP contribution in [0.2, 0.25) is 5.02 Å². The summed E-state index contributed by atoms with van der Waals surface area (Å²) >= 11 is 7.77. The van der Waals surface area contributed by atoms with E-state index in [1.54, 1.807) is 30.3 Å². The minimum absolute atomic E-state index is 0.108. The lowest BCUT2D eigenvalue weighted by Gasteiger charge is -2.29. The van der Waals surface area contributed by atoms with Crippen molar-refractivity contribution in [2.45, 2.75) is 25.4 Å². The number of hydrazone groups is 1. The lowest BCUT2D eigenvalue weighted by atomic mass is 10.1. The van der Waals surface area contributed by atoms with Gasteiger partial charge in [-0.15, -0.1) is 0 Å². The highest BCUT2D eigenvalue weighted by Crippen LogP contribution is 2.35. The molecule has 3 aromatic rings. The molecule has 11 heteroatoms. The van der Waals surface area contributed by atoms with Gasteiger partial charge in [0, 0.05) is 27.9 Å². The van der Waals surface area contributed by atoms with E-state index >= 15 is 0 Å². The van der Waals surface area contributed by atoms with Crippen LogP contribution in [0.25, 0.3) is 0 Å². The van der Waals surface area contributed by atoms with Crippen molar-refractivity contribution in [3.8, 4) is 0 Å². The summed E-state index contributed by atoms with van der Waals surface area (Å²) < 4.78 is 40.3. The molecule has 0 unspecified atom stereocenters. The zero-order chi connectivity index (χ0) is 27.3. The quantitative estimate of drug-likeness (QED) is 0.171. The molecular weight excluding hydrogens is 632 g/mol. The average Bonchev–Trinajstić information content (AvgIpc) is 2.89. The highest BCUT2D eigenvalue weighted by atomic mass is 127. The fourth-order valence-electron chi connectivity index (χ4n) is 4.07. The summed E-state index contributed by atoms with van der Waals surface area (Å²) in [6.07, 6.45) is -0.301. The first-order valence-electron chi connectivity index (χ1n) is 11.8. The molecule has 0 aliphatic carbocycles. The van der Waals surface area contributed by atoms with Gasteiger partial charge in [0.2, 0.25) is 0 Å². The van der Waals surface area contributed by atoms with E-state index in [-0.39, 0.29) is 22.7 Å². The van der Waals surface area contributed by atoms with E-state index in [9.17, 15) is 22.8 Å². The van der Waals surface area contributed by atoms with Gasteiger partial charge in [-0.25, -0.2) is 5.43 Å². The Bertz CT molecular complexity index is 1370. The van der Waals surface area contributed by atoms with Gasteiger partial charge in [0.25, 0.3) is 11.8 Å². The number of hydrogen-bond donors (Lipinski definition) is 2. The van der Waals surface area contributed by atoms with Gasteiger partial charge in [-0.05, 0) is 95.9 Å². The number of halogens is 5. The molecular formula is C27H23ClF3IN4O2. The zero-order valence-corrected chi connectivity index (χ0v) is 22.9. The van der Waals surface area contributed by atoms with E-state index in [1.165, 1.54) is 6.07 Å². The van der Waals surface area contributed by atoms with Crippen molar-refractivity contribution in [1.82, 2.24) is 5.43 Å². The number of carbonyl (C=O) groups excluding carboxylic acids is 2. The maximum absolute atomic E-state index is 13.1. The first-order valence-corrected chi connectivity index (χ1v) is 13.2. The number of alkyl halides is 3. The van der Waals surface area contributed by atoms with Crippen LogP contribution in [0.1, 0.15) is 51.1 Å². The maximum Gasteiger partial charge on any atom is 0.417 e. The Balaban J connectivity index is 1.58. The third kappa shape index (κ3) is 7.04. The molecule has 0 spiro atoms. The Morgan fingerprint density at radius 1 is 0.974 bits per heavy atom. The lowest BCUT2D eigenvalue weighted by molar-refractivity contribution is -0.137. The number of anilines is 2. The Morgan fingerprint density at radius 3 is 2.45 bits per heavy atom. The molecule has 4 rings (SSSR count). The van der Waals surface area contributed by atoms with Gasteiger partial charge in [0.15, 0.2) is 0 Å². The van der Waals surface area contributed by atoms with Gasteiger partial charge < -0.3 is 10.2 Å². The smallest absolute Gasteiger partial charge is 0.372 e. The van der Waals surface area contributed by atoms with E-state index < -0.39 is 22.7 Å². The molecule has 1 heterocycles. The number of hydrogen-bond acceptors (Lipinski definition) is 4. The van der Waals surface area contributed by atoms with E-state index in [1.807, 2.05) is 12.1 Å². The van der Waals surface area contributed by atoms with Crippen LogP contribution >= 0.6 is 34.2 Å². The van der Waals surface area contributed by atoms with Crippen LogP contribution in [0, 0.1) is 3.57 Å². The molecule has 0 radical (unpaired) electrons. The highest BCUT2D eigenvalue weighted by molar-refractivity contribution is 14.1. The highest BCUT2D eigenvalue weighted by Gasteiger charge is 2.33. The van der Waals surface area contributed by atoms with E-state index in [0.717, 1.165) is 60.0 Å². The zero-order valence-electron chi connectivity index (χ0n) is 20.0. The first kappa shape index (κ1) is 27.9. The summed E-state index contributed by atoms with van der Waals surface area (Å²) in [5.74, 6) is -1.00. The SMILES string of the molecule is O=C(Nc1ccc(N2CCCCC2)cc1C(=O)N/N=C\c1ccc(Cl)c(C(F)(F)F)c1)c1cccc(I)c1. The second kappa shape index (κ2) is 12.2. The van der Waals surface area contributed by atoms with E-state index in [2.05, 4.69) is 43.3 Å². The predicted molar refractivity (Wildman–Crippen MR) is 151 cm³/mol. The van der Waals surface area contributed by atoms with Crippen molar-refractivity contribution in [3.05, 3.63) is 91.5 Å². The Labute approximate surface area is 236 Å². The minimum Gasteiger partial charge on any atom is -0.372 e. The second-order valence-corrected chi connectivity index (χ2v) is 10.3. The fraction of sp³-hybridized carbons (Fsp3) is 0.222. The molecule has 1 aliphatic heterocycles. The lowest BCUT2D eigenvalue weighted by Crippen LogP contribution is -2.30. The Kier molecular flexibility index (Phi) is 8.93. The van der Waals surface area contributed by atoms with Crippen molar-refractivity contribution in [1.29, 1.82) is 0 Å². The van der Waals surface area contributed by atoms with Crippen LogP contribution in [-0.4, -0.2) is 31.1 Å². The average molecular weight is 655 g/mol. The minimum atomic E-state index is -4.62. The summed E-state index contributed by atoms with van der Waals surface area (Å²) in [4.78, 5) is 28.2. The normalized spacial score (nSPS) is 14.0. The molecule has 1 fully saturated rings. The Morgan fingerprint density at radius 2 is 1.74 bits per heavy atom. The molecule has 1 aliphatic rings. The van der Waals surface area contributed by atoms with Crippen LogP contribution in [-0.2, 0) is 6.18 Å². The maximum atomic E-state index is 13.1. The summed E-state index contributed by atoms with van der Waals surface area (Å²) in [6.45, 7) is 1.71. The van der Waals surface area contributed by atoms with Gasteiger partial charge in [-0.3, -0.25) is 9.59 Å². The molecule has 2 N–H and O–H groups in total. The molecule has 198 valence electrons. The number of piperidine rings is 1. The predicted octanol–water partition coefficient (Wildman–Crippen LogP) is 6.97. The monoisotopic (exact) mass is 654 g/mol. The third-order valence-electron chi connectivity index (χ3n) is 5.98. The fourth-order valence-corrected chi connectivity index (χ4v) is 4.84. The van der Waals surface area contributed by atoms with Gasteiger partial charge in [-0.1, -0.05) is 23.7 Å². The van der Waals surface area contributed by atoms with Crippen molar-refractivity contribution < 1.29 is 22.8 Å². The van der Waals surface area contributed by atoms with Crippen molar-refractivity contribution in [3.63, 3.8) is 0 Å². The van der Waals surface area contributed by atoms with Crippen molar-refractivity contribution in [2.75, 3.05) is 23.3 Å². The number of carbonyl (C=O) groups is 2.